The summed E-state index contributed by atoms with van der Waals surface area (Å²) in [6.45, 7) is 6.58. The Kier molecular flexibility index (Phi) is 6.26. The molecule has 1 aromatic heterocycles. The van der Waals surface area contributed by atoms with E-state index in [0.717, 1.165) is 16.9 Å². The standard InChI is InChI=1S/C23H27N3O2/c1-16(2)22-20(14-25-26(22)19-12-10-17(3)11-13-19)23(27)24-15-21(28-4)18-8-6-5-7-9-18/h5-14,16,21H,15H2,1-4H3,(H,24,27). The highest BCUT2D eigenvalue weighted by Gasteiger charge is 2.22. The van der Waals surface area contributed by atoms with Gasteiger partial charge >= 0.3 is 0 Å². The Morgan fingerprint density at radius 2 is 1.79 bits per heavy atom. The molecular weight excluding hydrogens is 350 g/mol. The van der Waals surface area contributed by atoms with Crippen LogP contribution in [-0.4, -0.2) is 29.3 Å². The van der Waals surface area contributed by atoms with E-state index in [1.54, 1.807) is 13.3 Å². The molecule has 1 heterocycles. The highest BCUT2D eigenvalue weighted by Crippen LogP contribution is 2.24. The number of carbonyl (C=O) groups excluding carboxylic acids is 1. The summed E-state index contributed by atoms with van der Waals surface area (Å²) in [5.74, 6) is 0.0111. The smallest absolute Gasteiger partial charge is 0.254 e. The van der Waals surface area contributed by atoms with Gasteiger partial charge in [0.1, 0.15) is 0 Å². The van der Waals surface area contributed by atoms with Crippen molar-refractivity contribution in [1.82, 2.24) is 15.1 Å². The SMILES string of the molecule is COC(CNC(=O)c1cnn(-c2ccc(C)cc2)c1C(C)C)c1ccccc1. The number of hydrogen-bond donors (Lipinski definition) is 1. The average Bonchev–Trinajstić information content (AvgIpc) is 3.15. The largest absolute Gasteiger partial charge is 0.375 e. The van der Waals surface area contributed by atoms with Gasteiger partial charge in [-0.05, 0) is 30.5 Å². The molecule has 0 aliphatic heterocycles. The van der Waals surface area contributed by atoms with Crippen LogP contribution in [0.2, 0.25) is 0 Å². The van der Waals surface area contributed by atoms with Crippen LogP contribution in [0.5, 0.6) is 0 Å². The molecule has 0 bridgehead atoms. The van der Waals surface area contributed by atoms with Gasteiger partial charge in [0, 0.05) is 13.7 Å². The van der Waals surface area contributed by atoms with Crippen LogP contribution in [0.4, 0.5) is 0 Å². The summed E-state index contributed by atoms with van der Waals surface area (Å²) in [7, 11) is 1.65. The maximum atomic E-state index is 12.9. The third-order valence-electron chi connectivity index (χ3n) is 4.78. The van der Waals surface area contributed by atoms with Gasteiger partial charge in [0.05, 0.1) is 29.2 Å². The van der Waals surface area contributed by atoms with Crippen molar-refractivity contribution in [3.05, 3.63) is 83.2 Å². The lowest BCUT2D eigenvalue weighted by Crippen LogP contribution is -2.29. The molecule has 1 N–H and O–H groups in total. The molecule has 0 spiro atoms. The number of aryl methyl sites for hydroxylation is 1. The van der Waals surface area contributed by atoms with E-state index in [1.807, 2.05) is 66.2 Å². The van der Waals surface area contributed by atoms with Gasteiger partial charge in [-0.2, -0.15) is 5.10 Å². The third kappa shape index (κ3) is 4.31. The molecule has 3 rings (SSSR count). The van der Waals surface area contributed by atoms with E-state index in [2.05, 4.69) is 24.3 Å². The van der Waals surface area contributed by atoms with Crippen molar-refractivity contribution < 1.29 is 9.53 Å². The molecule has 2 aromatic carbocycles. The van der Waals surface area contributed by atoms with E-state index in [-0.39, 0.29) is 17.9 Å². The highest BCUT2D eigenvalue weighted by molar-refractivity contribution is 5.95. The fraction of sp³-hybridized carbons (Fsp3) is 0.304. The van der Waals surface area contributed by atoms with E-state index >= 15 is 0 Å². The Labute approximate surface area is 166 Å². The third-order valence-corrected chi connectivity index (χ3v) is 4.78. The Morgan fingerprint density at radius 1 is 1.11 bits per heavy atom. The van der Waals surface area contributed by atoms with Gasteiger partial charge in [-0.1, -0.05) is 61.9 Å². The van der Waals surface area contributed by atoms with Gasteiger partial charge in [-0.25, -0.2) is 4.68 Å². The van der Waals surface area contributed by atoms with Gasteiger partial charge in [0.2, 0.25) is 0 Å². The molecule has 1 atom stereocenters. The second kappa shape index (κ2) is 8.85. The van der Waals surface area contributed by atoms with Crippen LogP contribution in [0, 0.1) is 6.92 Å². The number of hydrogen-bond acceptors (Lipinski definition) is 3. The van der Waals surface area contributed by atoms with Crippen LogP contribution >= 0.6 is 0 Å². The van der Waals surface area contributed by atoms with E-state index in [9.17, 15) is 4.79 Å². The second-order valence-corrected chi connectivity index (χ2v) is 7.19. The van der Waals surface area contributed by atoms with Gasteiger partial charge in [-0.3, -0.25) is 4.79 Å². The molecule has 0 aliphatic rings. The van der Waals surface area contributed by atoms with Gasteiger partial charge < -0.3 is 10.1 Å². The van der Waals surface area contributed by atoms with Crippen LogP contribution in [0.1, 0.15) is 53.0 Å². The van der Waals surface area contributed by atoms with Crippen molar-refractivity contribution in [3.63, 3.8) is 0 Å². The molecule has 5 heteroatoms. The molecule has 3 aromatic rings. The monoisotopic (exact) mass is 377 g/mol. The number of methoxy groups -OCH3 is 1. The summed E-state index contributed by atoms with van der Waals surface area (Å²) in [5.41, 5.74) is 4.66. The lowest BCUT2D eigenvalue weighted by molar-refractivity contribution is 0.0827. The predicted octanol–water partition coefficient (Wildman–Crippen LogP) is 4.42. The van der Waals surface area contributed by atoms with Crippen LogP contribution < -0.4 is 5.32 Å². The maximum absolute atomic E-state index is 12.9. The normalized spacial score (nSPS) is 12.2. The van der Waals surface area contributed by atoms with Gasteiger partial charge in [0.25, 0.3) is 5.91 Å². The summed E-state index contributed by atoms with van der Waals surface area (Å²) in [4.78, 5) is 12.9. The summed E-state index contributed by atoms with van der Waals surface area (Å²) >= 11 is 0. The quantitative estimate of drug-likeness (QED) is 0.663. The number of ether oxygens (including phenoxy) is 1. The minimum absolute atomic E-state index is 0.139. The summed E-state index contributed by atoms with van der Waals surface area (Å²) in [6, 6.07) is 18.0. The molecule has 1 amide bonds. The zero-order chi connectivity index (χ0) is 20.1. The number of nitrogens with one attached hydrogen (secondary N) is 1. The Balaban J connectivity index is 1.81. The van der Waals surface area contributed by atoms with E-state index in [1.165, 1.54) is 5.56 Å². The predicted molar refractivity (Wildman–Crippen MR) is 111 cm³/mol. The number of nitrogens with zero attached hydrogens (tertiary/aromatic N) is 2. The minimum Gasteiger partial charge on any atom is -0.375 e. The van der Waals surface area contributed by atoms with Crippen LogP contribution in [0.25, 0.3) is 5.69 Å². The lowest BCUT2D eigenvalue weighted by atomic mass is 10.0. The molecule has 5 nitrogen and oxygen atoms in total. The molecule has 0 fully saturated rings. The molecule has 0 saturated carbocycles. The summed E-state index contributed by atoms with van der Waals surface area (Å²) in [5, 5.41) is 7.49. The molecule has 0 saturated heterocycles. The van der Waals surface area contributed by atoms with E-state index in [4.69, 9.17) is 4.74 Å². The van der Waals surface area contributed by atoms with Gasteiger partial charge in [-0.15, -0.1) is 0 Å². The molecule has 1 unspecified atom stereocenters. The van der Waals surface area contributed by atoms with E-state index < -0.39 is 0 Å². The zero-order valence-corrected chi connectivity index (χ0v) is 16.8. The Morgan fingerprint density at radius 3 is 2.39 bits per heavy atom. The summed E-state index contributed by atoms with van der Waals surface area (Å²) in [6.07, 6.45) is 1.45. The molecule has 146 valence electrons. The number of carbonyl (C=O) groups is 1. The van der Waals surface area contributed by atoms with E-state index in [0.29, 0.717) is 12.1 Å². The van der Waals surface area contributed by atoms with Crippen molar-refractivity contribution in [2.24, 2.45) is 0 Å². The topological polar surface area (TPSA) is 56.1 Å². The molecule has 0 radical (unpaired) electrons. The number of amides is 1. The van der Waals surface area contributed by atoms with Crippen molar-refractivity contribution in [2.75, 3.05) is 13.7 Å². The van der Waals surface area contributed by atoms with Crippen molar-refractivity contribution in [3.8, 4) is 5.69 Å². The van der Waals surface area contributed by atoms with Crippen LogP contribution in [0.15, 0.2) is 60.8 Å². The molecule has 28 heavy (non-hydrogen) atoms. The van der Waals surface area contributed by atoms with Gasteiger partial charge in [0.15, 0.2) is 0 Å². The summed E-state index contributed by atoms with van der Waals surface area (Å²) < 4.78 is 7.40. The highest BCUT2D eigenvalue weighted by atomic mass is 16.5. The van der Waals surface area contributed by atoms with Crippen molar-refractivity contribution in [1.29, 1.82) is 0 Å². The number of rotatable bonds is 7. The lowest BCUT2D eigenvalue weighted by Gasteiger charge is -2.17. The first-order valence-electron chi connectivity index (χ1n) is 9.52. The van der Waals surface area contributed by atoms with Crippen molar-refractivity contribution in [2.45, 2.75) is 32.8 Å². The maximum Gasteiger partial charge on any atom is 0.254 e. The first-order valence-corrected chi connectivity index (χ1v) is 9.52. The minimum atomic E-state index is -0.195. The first kappa shape index (κ1) is 19.8. The average molecular weight is 377 g/mol. The second-order valence-electron chi connectivity index (χ2n) is 7.19. The Bertz CT molecular complexity index is 915. The fourth-order valence-corrected chi connectivity index (χ4v) is 3.27. The van der Waals surface area contributed by atoms with Crippen LogP contribution in [-0.2, 0) is 4.74 Å². The number of benzene rings is 2. The Hall–Kier alpha value is -2.92. The van der Waals surface area contributed by atoms with Crippen molar-refractivity contribution >= 4 is 5.91 Å². The number of aromatic nitrogens is 2. The molecular formula is C23H27N3O2. The zero-order valence-electron chi connectivity index (χ0n) is 16.8. The van der Waals surface area contributed by atoms with Crippen LogP contribution in [0.3, 0.4) is 0 Å². The first-order chi connectivity index (χ1) is 13.5. The fourth-order valence-electron chi connectivity index (χ4n) is 3.27. The molecule has 0 aliphatic carbocycles.